The van der Waals surface area contributed by atoms with Crippen LogP contribution >= 0.6 is 0 Å². The number of hydrogen-bond donors (Lipinski definition) is 1. The van der Waals surface area contributed by atoms with Crippen LogP contribution in [0.3, 0.4) is 0 Å². The zero-order valence-electron chi connectivity index (χ0n) is 18.1. The monoisotopic (exact) mass is 419 g/mol. The first-order valence-corrected chi connectivity index (χ1v) is 10.6. The maximum atomic E-state index is 12.9. The van der Waals surface area contributed by atoms with Gasteiger partial charge in [-0.3, -0.25) is 9.59 Å². The number of carbonyl (C=O) groups excluding carboxylic acids is 2. The van der Waals surface area contributed by atoms with Gasteiger partial charge in [0.05, 0.1) is 0 Å². The summed E-state index contributed by atoms with van der Waals surface area (Å²) in [4.78, 5) is 25.8. The van der Waals surface area contributed by atoms with Crippen molar-refractivity contribution in [2.24, 2.45) is 5.92 Å². The minimum atomic E-state index is -0.122. The molecule has 1 unspecified atom stereocenters. The Kier molecular flexibility index (Phi) is 7.27. The smallest absolute Gasteiger partial charge is 0.193 e. The van der Waals surface area contributed by atoms with E-state index in [0.717, 1.165) is 23.1 Å². The summed E-state index contributed by atoms with van der Waals surface area (Å²) in [6.45, 7) is 2.01. The molecule has 1 atom stereocenters. The van der Waals surface area contributed by atoms with Crippen molar-refractivity contribution in [2.75, 3.05) is 5.73 Å². The molecule has 0 amide bonds. The van der Waals surface area contributed by atoms with Crippen LogP contribution in [0.4, 0.5) is 5.69 Å². The lowest BCUT2D eigenvalue weighted by Crippen LogP contribution is -2.15. The standard InChI is InChI=1S/C29H25NO2/c1-4-20-7-13-24(14-8-20)28(31)23(6-3)12-11-22-17-26(19-27(30)18-22)29(32)25-15-9-21(5-2)10-16-25/h1-2,7-10,13-19,23H,6,11-12,30H2,3H3. The average Bonchev–Trinajstić information content (AvgIpc) is 2.83. The van der Waals surface area contributed by atoms with E-state index in [1.165, 1.54) is 0 Å². The van der Waals surface area contributed by atoms with Gasteiger partial charge in [0.25, 0.3) is 0 Å². The predicted molar refractivity (Wildman–Crippen MR) is 129 cm³/mol. The molecule has 0 aliphatic carbocycles. The number of anilines is 1. The van der Waals surface area contributed by atoms with E-state index in [-0.39, 0.29) is 17.5 Å². The molecule has 0 radical (unpaired) electrons. The molecule has 3 rings (SSSR count). The molecule has 158 valence electrons. The minimum Gasteiger partial charge on any atom is -0.399 e. The molecule has 32 heavy (non-hydrogen) atoms. The molecule has 3 aromatic rings. The zero-order chi connectivity index (χ0) is 23.1. The van der Waals surface area contributed by atoms with Gasteiger partial charge in [-0.2, -0.15) is 0 Å². The lowest BCUT2D eigenvalue weighted by Gasteiger charge is -2.15. The van der Waals surface area contributed by atoms with Crippen LogP contribution in [-0.4, -0.2) is 11.6 Å². The first kappa shape index (κ1) is 22.6. The molecular weight excluding hydrogens is 394 g/mol. The van der Waals surface area contributed by atoms with Crippen LogP contribution in [-0.2, 0) is 6.42 Å². The molecule has 2 N–H and O–H groups in total. The summed E-state index contributed by atoms with van der Waals surface area (Å²) >= 11 is 0. The van der Waals surface area contributed by atoms with Crippen molar-refractivity contribution in [1.82, 2.24) is 0 Å². The fourth-order valence-electron chi connectivity index (χ4n) is 3.71. The first-order chi connectivity index (χ1) is 15.4. The van der Waals surface area contributed by atoms with Crippen LogP contribution in [0.25, 0.3) is 0 Å². The van der Waals surface area contributed by atoms with Gasteiger partial charge < -0.3 is 5.73 Å². The predicted octanol–water partition coefficient (Wildman–Crippen LogP) is 5.30. The summed E-state index contributed by atoms with van der Waals surface area (Å²) in [5.74, 6) is 4.97. The van der Waals surface area contributed by atoms with Crippen molar-refractivity contribution in [2.45, 2.75) is 26.2 Å². The highest BCUT2D eigenvalue weighted by Crippen LogP contribution is 2.22. The molecule has 3 nitrogen and oxygen atoms in total. The van der Waals surface area contributed by atoms with E-state index in [4.69, 9.17) is 18.6 Å². The molecule has 0 aliphatic heterocycles. The van der Waals surface area contributed by atoms with Gasteiger partial charge in [0.1, 0.15) is 0 Å². The quantitative estimate of drug-likeness (QED) is 0.306. The van der Waals surface area contributed by atoms with E-state index in [2.05, 4.69) is 11.8 Å². The van der Waals surface area contributed by atoms with Crippen LogP contribution in [0, 0.1) is 30.6 Å². The van der Waals surface area contributed by atoms with E-state index in [1.807, 2.05) is 19.1 Å². The van der Waals surface area contributed by atoms with Gasteiger partial charge in [-0.25, -0.2) is 0 Å². The Hall–Kier alpha value is -4.08. The lowest BCUT2D eigenvalue weighted by atomic mass is 9.88. The zero-order valence-corrected chi connectivity index (χ0v) is 18.1. The number of ketones is 2. The molecule has 0 saturated heterocycles. The molecule has 0 saturated carbocycles. The van der Waals surface area contributed by atoms with Crippen LogP contribution < -0.4 is 5.73 Å². The third-order valence-corrected chi connectivity index (χ3v) is 5.57. The summed E-state index contributed by atoms with van der Waals surface area (Å²) in [6, 6.07) is 19.4. The number of terminal acetylenes is 2. The first-order valence-electron chi connectivity index (χ1n) is 10.6. The maximum absolute atomic E-state index is 12.9. The summed E-state index contributed by atoms with van der Waals surface area (Å²) in [6.07, 6.45) is 12.8. The number of rotatable bonds is 8. The van der Waals surface area contributed by atoms with Crippen molar-refractivity contribution >= 4 is 17.3 Å². The number of nitrogen functional groups attached to an aromatic ring is 1. The average molecular weight is 420 g/mol. The molecule has 3 aromatic carbocycles. The van der Waals surface area contributed by atoms with Crippen LogP contribution in [0.2, 0.25) is 0 Å². The number of nitrogens with two attached hydrogens (primary N) is 1. The van der Waals surface area contributed by atoms with Crippen LogP contribution in [0.1, 0.15) is 62.7 Å². The highest BCUT2D eigenvalue weighted by atomic mass is 16.1. The largest absolute Gasteiger partial charge is 0.399 e. The molecule has 0 spiro atoms. The van der Waals surface area contributed by atoms with Crippen molar-refractivity contribution in [3.8, 4) is 24.7 Å². The Morgan fingerprint density at radius 1 is 0.844 bits per heavy atom. The van der Waals surface area contributed by atoms with E-state index >= 15 is 0 Å². The number of aryl methyl sites for hydroxylation is 1. The second-order valence-corrected chi connectivity index (χ2v) is 7.74. The fourth-order valence-corrected chi connectivity index (χ4v) is 3.71. The Balaban J connectivity index is 1.74. The molecule has 0 fully saturated rings. The third-order valence-electron chi connectivity index (χ3n) is 5.57. The van der Waals surface area contributed by atoms with Crippen molar-refractivity contribution in [1.29, 1.82) is 0 Å². The van der Waals surface area contributed by atoms with Crippen molar-refractivity contribution in [3.63, 3.8) is 0 Å². The number of hydrogen-bond acceptors (Lipinski definition) is 3. The lowest BCUT2D eigenvalue weighted by molar-refractivity contribution is 0.0909. The fraction of sp³-hybridized carbons (Fsp3) is 0.172. The molecule has 3 heteroatoms. The Labute approximate surface area is 189 Å². The number of carbonyl (C=O) groups is 2. The Morgan fingerprint density at radius 2 is 1.41 bits per heavy atom. The summed E-state index contributed by atoms with van der Waals surface area (Å²) in [7, 11) is 0. The molecule has 0 bridgehead atoms. The normalized spacial score (nSPS) is 11.2. The number of Topliss-reactive ketones (excluding diaryl/α,β-unsaturated/α-hetero) is 1. The number of benzene rings is 3. The molecule has 0 aromatic heterocycles. The summed E-state index contributed by atoms with van der Waals surface area (Å²) in [5.41, 5.74) is 10.7. The topological polar surface area (TPSA) is 60.2 Å². The summed E-state index contributed by atoms with van der Waals surface area (Å²) in [5, 5.41) is 0. The van der Waals surface area contributed by atoms with Gasteiger partial charge in [-0.15, -0.1) is 12.8 Å². The second-order valence-electron chi connectivity index (χ2n) is 7.74. The third kappa shape index (κ3) is 5.34. The van der Waals surface area contributed by atoms with Crippen LogP contribution in [0.15, 0.2) is 66.7 Å². The molecule has 0 heterocycles. The van der Waals surface area contributed by atoms with Gasteiger partial charge >= 0.3 is 0 Å². The maximum Gasteiger partial charge on any atom is 0.193 e. The SMILES string of the molecule is C#Cc1ccc(C(=O)c2cc(N)cc(CCC(CC)C(=O)c3ccc(C#C)cc3)c2)cc1. The van der Waals surface area contributed by atoms with Crippen LogP contribution in [0.5, 0.6) is 0 Å². The van der Waals surface area contributed by atoms with E-state index < -0.39 is 0 Å². The van der Waals surface area contributed by atoms with Gasteiger partial charge in [-0.05, 0) is 79.4 Å². The molecule has 0 aliphatic rings. The van der Waals surface area contributed by atoms with E-state index in [9.17, 15) is 9.59 Å². The highest BCUT2D eigenvalue weighted by Gasteiger charge is 2.19. The van der Waals surface area contributed by atoms with Crippen molar-refractivity contribution < 1.29 is 9.59 Å². The van der Waals surface area contributed by atoms with Gasteiger partial charge in [0.15, 0.2) is 11.6 Å². The second kappa shape index (κ2) is 10.3. The minimum absolute atomic E-state index is 0.102. The van der Waals surface area contributed by atoms with Crippen molar-refractivity contribution in [3.05, 3.63) is 100 Å². The Bertz CT molecular complexity index is 1210. The summed E-state index contributed by atoms with van der Waals surface area (Å²) < 4.78 is 0. The van der Waals surface area contributed by atoms with Gasteiger partial charge in [0, 0.05) is 39.4 Å². The van der Waals surface area contributed by atoms with E-state index in [1.54, 1.807) is 54.6 Å². The van der Waals surface area contributed by atoms with Gasteiger partial charge in [0.2, 0.25) is 0 Å². The molecular formula is C29H25NO2. The van der Waals surface area contributed by atoms with E-state index in [0.29, 0.717) is 35.2 Å². The highest BCUT2D eigenvalue weighted by molar-refractivity contribution is 6.09. The Morgan fingerprint density at radius 3 is 1.94 bits per heavy atom. The van der Waals surface area contributed by atoms with Gasteiger partial charge in [-0.1, -0.05) is 30.9 Å².